The van der Waals surface area contributed by atoms with Crippen LogP contribution in [-0.2, 0) is 22.0 Å². The van der Waals surface area contributed by atoms with Crippen LogP contribution in [0, 0.1) is 0 Å². The molecule has 0 spiro atoms. The molecule has 2 unspecified atom stereocenters. The number of hydrogen-bond acceptors (Lipinski definition) is 3. The number of amides is 1. The summed E-state index contributed by atoms with van der Waals surface area (Å²) in [5, 5.41) is 6.11. The van der Waals surface area contributed by atoms with Gasteiger partial charge in [-0.2, -0.15) is 0 Å². The number of para-hydroxylation sites is 1. The Morgan fingerprint density at radius 2 is 2.26 bits per heavy atom. The molecule has 0 aliphatic carbocycles. The highest BCUT2D eigenvalue weighted by atomic mass is 32.2. The molecule has 19 heavy (non-hydrogen) atoms. The topological polar surface area (TPSA) is 58.2 Å². The van der Waals surface area contributed by atoms with Gasteiger partial charge in [0.2, 0.25) is 5.91 Å². The van der Waals surface area contributed by atoms with Crippen molar-refractivity contribution < 1.29 is 9.00 Å². The zero-order valence-electron chi connectivity index (χ0n) is 11.1. The van der Waals surface area contributed by atoms with E-state index in [1.807, 2.05) is 25.1 Å². The molecule has 0 aromatic heterocycles. The van der Waals surface area contributed by atoms with Crippen LogP contribution in [0.3, 0.4) is 0 Å². The lowest BCUT2D eigenvalue weighted by atomic mass is 9.98. The maximum atomic E-state index is 12.0. The summed E-state index contributed by atoms with van der Waals surface area (Å²) in [5.74, 6) is 1.18. The lowest BCUT2D eigenvalue weighted by molar-refractivity contribution is -0.121. The molecule has 104 valence electrons. The zero-order valence-corrected chi connectivity index (χ0v) is 12.0. The van der Waals surface area contributed by atoms with Crippen molar-refractivity contribution in [2.24, 2.45) is 0 Å². The van der Waals surface area contributed by atoms with Gasteiger partial charge in [-0.25, -0.2) is 0 Å². The van der Waals surface area contributed by atoms with Gasteiger partial charge in [-0.05, 0) is 24.5 Å². The highest BCUT2D eigenvalue weighted by Crippen LogP contribution is 2.24. The van der Waals surface area contributed by atoms with Crippen molar-refractivity contribution >= 4 is 22.4 Å². The first-order valence-electron chi connectivity index (χ1n) is 6.68. The number of benzene rings is 1. The first-order chi connectivity index (χ1) is 9.20. The predicted octanol–water partition coefficient (Wildman–Crippen LogP) is 1.30. The van der Waals surface area contributed by atoms with Gasteiger partial charge in [0.05, 0.1) is 0 Å². The first-order valence-corrected chi connectivity index (χ1v) is 8.16. The average Bonchev–Trinajstić information content (AvgIpc) is 2.46. The molecule has 0 saturated carbocycles. The smallest absolute Gasteiger partial charge is 0.242 e. The van der Waals surface area contributed by atoms with E-state index in [9.17, 15) is 9.00 Å². The van der Waals surface area contributed by atoms with Crippen LogP contribution in [0.25, 0.3) is 0 Å². The Kier molecular flexibility index (Phi) is 4.96. The molecule has 2 N–H and O–H groups in total. The maximum absolute atomic E-state index is 12.0. The van der Waals surface area contributed by atoms with E-state index in [2.05, 4.69) is 16.7 Å². The number of fused-ring (bicyclic) bond motifs is 1. The summed E-state index contributed by atoms with van der Waals surface area (Å²) in [6.45, 7) is 2.37. The molecule has 1 aromatic rings. The fourth-order valence-electron chi connectivity index (χ4n) is 2.19. The molecule has 5 heteroatoms. The molecule has 0 bridgehead atoms. The molecule has 1 heterocycles. The van der Waals surface area contributed by atoms with E-state index >= 15 is 0 Å². The minimum Gasteiger partial charge on any atom is -0.373 e. The largest absolute Gasteiger partial charge is 0.373 e. The summed E-state index contributed by atoms with van der Waals surface area (Å²) in [5.41, 5.74) is 2.31. The Labute approximate surface area is 116 Å². The van der Waals surface area contributed by atoms with Crippen LogP contribution in [0.4, 0.5) is 5.69 Å². The molecule has 1 aliphatic rings. The SMILES string of the molecule is CCS(=O)CCNC(=O)C1CCc2ccccc2N1. The number of carbonyl (C=O) groups is 1. The van der Waals surface area contributed by atoms with Crippen molar-refractivity contribution in [2.45, 2.75) is 25.8 Å². The highest BCUT2D eigenvalue weighted by molar-refractivity contribution is 7.84. The van der Waals surface area contributed by atoms with Crippen molar-refractivity contribution in [1.29, 1.82) is 0 Å². The number of rotatable bonds is 5. The van der Waals surface area contributed by atoms with Gasteiger partial charge in [0, 0.05) is 34.5 Å². The molecule has 4 nitrogen and oxygen atoms in total. The molecular weight excluding hydrogens is 260 g/mol. The molecule has 1 aliphatic heterocycles. The van der Waals surface area contributed by atoms with Crippen LogP contribution < -0.4 is 10.6 Å². The quantitative estimate of drug-likeness (QED) is 0.854. The maximum Gasteiger partial charge on any atom is 0.242 e. The molecular formula is C14H20N2O2S. The van der Waals surface area contributed by atoms with Gasteiger partial charge in [-0.15, -0.1) is 0 Å². The van der Waals surface area contributed by atoms with Gasteiger partial charge in [0.25, 0.3) is 0 Å². The molecule has 0 saturated heterocycles. The van der Waals surface area contributed by atoms with Crippen molar-refractivity contribution in [2.75, 3.05) is 23.4 Å². The van der Waals surface area contributed by atoms with Crippen LogP contribution in [0.15, 0.2) is 24.3 Å². The minimum absolute atomic E-state index is 0.00241. The summed E-state index contributed by atoms with van der Waals surface area (Å²) < 4.78 is 11.3. The number of aryl methyl sites for hydroxylation is 1. The van der Waals surface area contributed by atoms with E-state index < -0.39 is 10.8 Å². The van der Waals surface area contributed by atoms with Gasteiger partial charge >= 0.3 is 0 Å². The Morgan fingerprint density at radius 1 is 1.47 bits per heavy atom. The third-order valence-corrected chi connectivity index (χ3v) is 4.62. The lowest BCUT2D eigenvalue weighted by Crippen LogP contribution is -2.43. The summed E-state index contributed by atoms with van der Waals surface area (Å²) in [6, 6.07) is 7.89. The van der Waals surface area contributed by atoms with Crippen molar-refractivity contribution in [3.05, 3.63) is 29.8 Å². The van der Waals surface area contributed by atoms with Crippen LogP contribution in [0.5, 0.6) is 0 Å². The van der Waals surface area contributed by atoms with Gasteiger partial charge in [-0.3, -0.25) is 9.00 Å². The van der Waals surface area contributed by atoms with Crippen molar-refractivity contribution in [3.63, 3.8) is 0 Å². The lowest BCUT2D eigenvalue weighted by Gasteiger charge is -2.26. The van der Waals surface area contributed by atoms with E-state index in [1.165, 1.54) is 5.56 Å². The second-order valence-corrected chi connectivity index (χ2v) is 6.48. The van der Waals surface area contributed by atoms with Crippen LogP contribution in [0.1, 0.15) is 18.9 Å². The molecule has 2 atom stereocenters. The predicted molar refractivity (Wildman–Crippen MR) is 78.7 cm³/mol. The van der Waals surface area contributed by atoms with E-state index in [0.717, 1.165) is 18.5 Å². The molecule has 0 radical (unpaired) electrons. The molecule has 1 aromatic carbocycles. The number of carbonyl (C=O) groups excluding carboxylic acids is 1. The summed E-state index contributed by atoms with van der Waals surface area (Å²) in [6.07, 6.45) is 1.72. The monoisotopic (exact) mass is 280 g/mol. The van der Waals surface area contributed by atoms with Crippen LogP contribution in [-0.4, -0.2) is 34.2 Å². The van der Waals surface area contributed by atoms with Crippen molar-refractivity contribution in [3.8, 4) is 0 Å². The van der Waals surface area contributed by atoms with E-state index in [1.54, 1.807) is 0 Å². The van der Waals surface area contributed by atoms with E-state index in [-0.39, 0.29) is 11.9 Å². The Morgan fingerprint density at radius 3 is 3.05 bits per heavy atom. The van der Waals surface area contributed by atoms with Gasteiger partial charge in [0.15, 0.2) is 0 Å². The van der Waals surface area contributed by atoms with Crippen LogP contribution >= 0.6 is 0 Å². The number of nitrogens with one attached hydrogen (secondary N) is 2. The van der Waals surface area contributed by atoms with Gasteiger partial charge < -0.3 is 10.6 Å². The van der Waals surface area contributed by atoms with E-state index in [0.29, 0.717) is 18.1 Å². The molecule has 0 fully saturated rings. The second-order valence-electron chi connectivity index (χ2n) is 4.62. The Balaban J connectivity index is 1.83. The number of hydrogen-bond donors (Lipinski definition) is 2. The summed E-state index contributed by atoms with van der Waals surface area (Å²) >= 11 is 0. The standard InChI is InChI=1S/C14H20N2O2S/c1-2-19(18)10-9-15-14(17)13-8-7-11-5-3-4-6-12(11)16-13/h3-6,13,16H,2,7-10H2,1H3,(H,15,17). The molecule has 1 amide bonds. The fraction of sp³-hybridized carbons (Fsp3) is 0.500. The molecule has 2 rings (SSSR count). The highest BCUT2D eigenvalue weighted by Gasteiger charge is 2.23. The normalized spacial score (nSPS) is 19.1. The second kappa shape index (κ2) is 6.70. The zero-order chi connectivity index (χ0) is 13.7. The number of anilines is 1. The summed E-state index contributed by atoms with van der Waals surface area (Å²) in [4.78, 5) is 12.0. The average molecular weight is 280 g/mol. The first kappa shape index (κ1) is 14.1. The van der Waals surface area contributed by atoms with Gasteiger partial charge in [0.1, 0.15) is 6.04 Å². The Bertz CT molecular complexity index is 476. The third-order valence-electron chi connectivity index (χ3n) is 3.32. The van der Waals surface area contributed by atoms with E-state index in [4.69, 9.17) is 0 Å². The van der Waals surface area contributed by atoms with Crippen molar-refractivity contribution in [1.82, 2.24) is 5.32 Å². The van der Waals surface area contributed by atoms with Gasteiger partial charge in [-0.1, -0.05) is 25.1 Å². The van der Waals surface area contributed by atoms with Crippen LogP contribution in [0.2, 0.25) is 0 Å². The minimum atomic E-state index is -0.820. The fourth-order valence-corrected chi connectivity index (χ4v) is 2.81. The summed E-state index contributed by atoms with van der Waals surface area (Å²) in [7, 11) is -0.820. The third kappa shape index (κ3) is 3.80. The Hall–Kier alpha value is -1.36.